The van der Waals surface area contributed by atoms with Crippen LogP contribution in [0.15, 0.2) is 24.4 Å². The molecule has 6 heteroatoms. The molecule has 1 aromatic heterocycles. The first-order chi connectivity index (χ1) is 11.5. The van der Waals surface area contributed by atoms with Crippen LogP contribution < -0.4 is 4.74 Å². The number of benzene rings is 1. The molecule has 0 fully saturated rings. The van der Waals surface area contributed by atoms with E-state index in [-0.39, 0.29) is 5.75 Å². The van der Waals surface area contributed by atoms with Crippen LogP contribution >= 0.6 is 11.3 Å². The van der Waals surface area contributed by atoms with E-state index in [1.807, 2.05) is 0 Å². The molecule has 0 aliphatic heterocycles. The van der Waals surface area contributed by atoms with Gasteiger partial charge in [0.05, 0.1) is 17.0 Å². The van der Waals surface area contributed by atoms with Crippen molar-refractivity contribution in [3.05, 3.63) is 35.5 Å². The van der Waals surface area contributed by atoms with Gasteiger partial charge in [0.25, 0.3) is 0 Å². The van der Waals surface area contributed by atoms with Gasteiger partial charge in [-0.25, -0.2) is 4.98 Å². The van der Waals surface area contributed by atoms with Gasteiger partial charge in [-0.2, -0.15) is 13.2 Å². The predicted molar refractivity (Wildman–Crippen MR) is 90.3 cm³/mol. The third-order valence-electron chi connectivity index (χ3n) is 3.72. The van der Waals surface area contributed by atoms with Crippen molar-refractivity contribution < 1.29 is 17.9 Å². The van der Waals surface area contributed by atoms with Crippen LogP contribution in [0.1, 0.15) is 51.0 Å². The maximum Gasteiger partial charge on any atom is 0.419 e. The quantitative estimate of drug-likeness (QED) is 0.487. The maximum absolute atomic E-state index is 13.3. The Morgan fingerprint density at radius 2 is 1.88 bits per heavy atom. The van der Waals surface area contributed by atoms with Crippen LogP contribution in [0.25, 0.3) is 10.4 Å². The highest BCUT2D eigenvalue weighted by Crippen LogP contribution is 2.39. The SMILES string of the molecule is CCCCCCCCOc1ccc(-c2cn[c]s2)cc1C(F)(F)F. The van der Waals surface area contributed by atoms with E-state index in [1.165, 1.54) is 42.9 Å². The number of nitrogens with zero attached hydrogens (tertiary/aromatic N) is 1. The number of thiazole rings is 1. The standard InChI is InChI=1S/C18H21F3NOS/c1-2-3-4-5-6-7-10-23-16-9-8-14(17-12-22-13-24-17)11-15(16)18(19,20)21/h8-9,11-12H,2-7,10H2,1H3. The molecule has 0 saturated heterocycles. The Hall–Kier alpha value is -1.56. The first-order valence-corrected chi connectivity index (χ1v) is 9.00. The molecule has 1 heterocycles. The van der Waals surface area contributed by atoms with E-state index >= 15 is 0 Å². The summed E-state index contributed by atoms with van der Waals surface area (Å²) in [6, 6.07) is 4.15. The fraction of sp³-hybridized carbons (Fsp3) is 0.500. The van der Waals surface area contributed by atoms with Gasteiger partial charge in [-0.05, 0) is 30.2 Å². The zero-order valence-corrected chi connectivity index (χ0v) is 14.5. The summed E-state index contributed by atoms with van der Waals surface area (Å²) in [4.78, 5) is 4.44. The van der Waals surface area contributed by atoms with Crippen molar-refractivity contribution in [2.24, 2.45) is 0 Å². The van der Waals surface area contributed by atoms with E-state index in [4.69, 9.17) is 4.74 Å². The van der Waals surface area contributed by atoms with E-state index in [1.54, 1.807) is 6.07 Å². The van der Waals surface area contributed by atoms with Gasteiger partial charge in [0.15, 0.2) is 5.51 Å². The highest BCUT2D eigenvalue weighted by atomic mass is 32.1. The smallest absolute Gasteiger partial charge is 0.419 e. The first-order valence-electron chi connectivity index (χ1n) is 8.18. The molecule has 1 aromatic carbocycles. The summed E-state index contributed by atoms with van der Waals surface area (Å²) in [5.41, 5.74) is 2.39. The lowest BCUT2D eigenvalue weighted by molar-refractivity contribution is -0.138. The highest BCUT2D eigenvalue weighted by molar-refractivity contribution is 7.12. The van der Waals surface area contributed by atoms with Crippen LogP contribution in [0.2, 0.25) is 0 Å². The van der Waals surface area contributed by atoms with Crippen LogP contribution in [0.3, 0.4) is 0 Å². The summed E-state index contributed by atoms with van der Waals surface area (Å²) < 4.78 is 45.3. The second-order valence-corrected chi connectivity index (χ2v) is 6.47. The number of alkyl halides is 3. The summed E-state index contributed by atoms with van der Waals surface area (Å²) in [6.45, 7) is 2.46. The van der Waals surface area contributed by atoms with Crippen LogP contribution in [0, 0.1) is 5.51 Å². The highest BCUT2D eigenvalue weighted by Gasteiger charge is 2.34. The number of hydrogen-bond acceptors (Lipinski definition) is 3. The van der Waals surface area contributed by atoms with Gasteiger partial charge in [0, 0.05) is 6.20 Å². The minimum Gasteiger partial charge on any atom is -0.493 e. The van der Waals surface area contributed by atoms with Gasteiger partial charge in [0.2, 0.25) is 0 Å². The van der Waals surface area contributed by atoms with Crippen molar-refractivity contribution in [3.8, 4) is 16.2 Å². The molecule has 2 aromatic rings. The van der Waals surface area contributed by atoms with Crippen molar-refractivity contribution >= 4 is 11.3 Å². The fourth-order valence-corrected chi connectivity index (χ4v) is 2.97. The molecule has 0 spiro atoms. The van der Waals surface area contributed by atoms with Crippen LogP contribution in [0.4, 0.5) is 13.2 Å². The third kappa shape index (κ3) is 5.51. The molecule has 131 valence electrons. The van der Waals surface area contributed by atoms with E-state index in [9.17, 15) is 13.2 Å². The number of halogens is 3. The molecular formula is C18H21F3NOS. The number of unbranched alkanes of at least 4 members (excludes halogenated alkanes) is 5. The molecular weight excluding hydrogens is 335 g/mol. The lowest BCUT2D eigenvalue weighted by Gasteiger charge is -2.15. The normalized spacial score (nSPS) is 11.7. The maximum atomic E-state index is 13.3. The van der Waals surface area contributed by atoms with E-state index in [2.05, 4.69) is 17.4 Å². The van der Waals surface area contributed by atoms with Gasteiger partial charge < -0.3 is 4.74 Å². The zero-order chi connectivity index (χ0) is 17.4. The molecule has 24 heavy (non-hydrogen) atoms. The van der Waals surface area contributed by atoms with E-state index in [0.29, 0.717) is 17.0 Å². The van der Waals surface area contributed by atoms with Gasteiger partial charge >= 0.3 is 6.18 Å². The van der Waals surface area contributed by atoms with Crippen LogP contribution in [0.5, 0.6) is 5.75 Å². The van der Waals surface area contributed by atoms with Crippen molar-refractivity contribution in [2.75, 3.05) is 6.61 Å². The van der Waals surface area contributed by atoms with E-state index in [0.717, 1.165) is 25.3 Å². The molecule has 0 bridgehead atoms. The predicted octanol–water partition coefficient (Wildman–Crippen LogP) is 6.37. The number of ether oxygens (including phenoxy) is 1. The molecule has 0 N–H and O–H groups in total. The molecule has 0 amide bonds. The van der Waals surface area contributed by atoms with Crippen molar-refractivity contribution in [1.29, 1.82) is 0 Å². The summed E-state index contributed by atoms with van der Waals surface area (Å²) in [5, 5.41) is 0. The number of aromatic nitrogens is 1. The first kappa shape index (κ1) is 18.8. The lowest BCUT2D eigenvalue weighted by Crippen LogP contribution is -2.09. The molecule has 0 aliphatic carbocycles. The zero-order valence-electron chi connectivity index (χ0n) is 13.7. The van der Waals surface area contributed by atoms with Gasteiger partial charge in [-0.1, -0.05) is 39.0 Å². The average Bonchev–Trinajstić information content (AvgIpc) is 3.07. The number of hydrogen-bond donors (Lipinski definition) is 0. The van der Waals surface area contributed by atoms with Crippen LogP contribution in [-0.4, -0.2) is 11.6 Å². The van der Waals surface area contributed by atoms with Crippen molar-refractivity contribution in [3.63, 3.8) is 0 Å². The molecule has 2 nitrogen and oxygen atoms in total. The number of rotatable bonds is 9. The van der Waals surface area contributed by atoms with Crippen molar-refractivity contribution in [1.82, 2.24) is 4.98 Å². The topological polar surface area (TPSA) is 22.1 Å². The summed E-state index contributed by atoms with van der Waals surface area (Å²) in [5.74, 6) is -0.103. The van der Waals surface area contributed by atoms with Crippen LogP contribution in [-0.2, 0) is 6.18 Å². The molecule has 1 radical (unpaired) electrons. The molecule has 0 atom stereocenters. The average molecular weight is 356 g/mol. The summed E-state index contributed by atoms with van der Waals surface area (Å²) in [6.07, 6.45) is 3.47. The second-order valence-electron chi connectivity index (χ2n) is 5.64. The Balaban J connectivity index is 1.99. The van der Waals surface area contributed by atoms with E-state index < -0.39 is 11.7 Å². The van der Waals surface area contributed by atoms with Gasteiger partial charge in [-0.3, -0.25) is 0 Å². The summed E-state index contributed by atoms with van der Waals surface area (Å²) >= 11 is 1.19. The lowest BCUT2D eigenvalue weighted by atomic mass is 10.1. The minimum absolute atomic E-state index is 0.103. The fourth-order valence-electron chi connectivity index (χ4n) is 2.42. The molecule has 0 aliphatic rings. The summed E-state index contributed by atoms with van der Waals surface area (Å²) in [7, 11) is 0. The molecule has 0 unspecified atom stereocenters. The van der Waals surface area contributed by atoms with Crippen molar-refractivity contribution in [2.45, 2.75) is 51.6 Å². The molecule has 0 saturated carbocycles. The Bertz CT molecular complexity index is 611. The third-order valence-corrected chi connectivity index (χ3v) is 4.47. The monoisotopic (exact) mass is 356 g/mol. The molecule has 2 rings (SSSR count). The largest absolute Gasteiger partial charge is 0.493 e. The van der Waals surface area contributed by atoms with Gasteiger partial charge in [-0.15, -0.1) is 11.3 Å². The minimum atomic E-state index is -4.44. The van der Waals surface area contributed by atoms with Gasteiger partial charge in [0.1, 0.15) is 5.75 Å². The Labute approximate surface area is 144 Å². The Kier molecular flexibility index (Phi) is 7.09. The Morgan fingerprint density at radius 1 is 1.12 bits per heavy atom. The Morgan fingerprint density at radius 3 is 2.54 bits per heavy atom. The second kappa shape index (κ2) is 9.06.